The van der Waals surface area contributed by atoms with Gasteiger partial charge in [0.1, 0.15) is 5.82 Å². The minimum absolute atomic E-state index is 0.112. The van der Waals surface area contributed by atoms with Gasteiger partial charge in [-0.1, -0.05) is 18.5 Å². The van der Waals surface area contributed by atoms with Crippen molar-refractivity contribution in [1.82, 2.24) is 15.2 Å². The predicted molar refractivity (Wildman–Crippen MR) is 77.9 cm³/mol. The maximum Gasteiger partial charge on any atom is 0.295 e. The van der Waals surface area contributed by atoms with Crippen LogP contribution in [0.3, 0.4) is 0 Å². The van der Waals surface area contributed by atoms with E-state index in [1.807, 2.05) is 13.0 Å². The van der Waals surface area contributed by atoms with Crippen LogP contribution in [0.2, 0.25) is 5.02 Å². The Balaban J connectivity index is 2.16. The van der Waals surface area contributed by atoms with Crippen LogP contribution < -0.4 is 5.32 Å². The van der Waals surface area contributed by atoms with Crippen molar-refractivity contribution in [3.05, 3.63) is 38.4 Å². The molecule has 0 bridgehead atoms. The topological polar surface area (TPSA) is 70.7 Å². The fourth-order valence-electron chi connectivity index (χ4n) is 1.32. The van der Waals surface area contributed by atoms with E-state index in [4.69, 9.17) is 11.6 Å². The quantitative estimate of drug-likeness (QED) is 0.809. The molecule has 7 heteroatoms. The van der Waals surface area contributed by atoms with Gasteiger partial charge in [-0.25, -0.2) is 4.98 Å². The van der Waals surface area contributed by atoms with E-state index in [1.54, 1.807) is 12.1 Å². The molecule has 0 aliphatic rings. The van der Waals surface area contributed by atoms with E-state index in [0.717, 1.165) is 3.57 Å². The normalized spacial score (nSPS) is 10.4. The van der Waals surface area contributed by atoms with Gasteiger partial charge < -0.3 is 5.32 Å². The predicted octanol–water partition coefficient (Wildman–Crippen LogP) is 2.88. The number of nitrogens with one attached hydrogen (secondary N) is 2. The van der Waals surface area contributed by atoms with Crippen molar-refractivity contribution in [3.8, 4) is 0 Å². The average Bonchev–Trinajstić information content (AvgIpc) is 2.81. The lowest BCUT2D eigenvalue weighted by Crippen LogP contribution is -2.14. The number of carbonyl (C=O) groups is 1. The molecule has 0 aliphatic heterocycles. The summed E-state index contributed by atoms with van der Waals surface area (Å²) in [6.45, 7) is 1.93. The number of nitrogens with zero attached hydrogens (tertiary/aromatic N) is 2. The van der Waals surface area contributed by atoms with Crippen LogP contribution in [0.1, 0.15) is 23.4 Å². The SMILES string of the molecule is CCc1nc(C(=O)Nc2ccc(I)cc2Cl)n[nH]1. The minimum atomic E-state index is -0.381. The van der Waals surface area contributed by atoms with Crippen molar-refractivity contribution in [2.75, 3.05) is 5.32 Å². The molecule has 0 saturated heterocycles. The standard InChI is InChI=1S/C11H10ClIN4O/c1-2-9-15-10(17-16-9)11(18)14-8-4-3-6(13)5-7(8)12/h3-5H,2H2,1H3,(H,14,18)(H,15,16,17). The molecule has 1 aromatic carbocycles. The highest BCUT2D eigenvalue weighted by molar-refractivity contribution is 14.1. The maximum atomic E-state index is 11.9. The van der Waals surface area contributed by atoms with E-state index >= 15 is 0 Å². The number of hydrogen-bond donors (Lipinski definition) is 2. The van der Waals surface area contributed by atoms with Crippen molar-refractivity contribution < 1.29 is 4.79 Å². The van der Waals surface area contributed by atoms with Crippen LogP contribution in [-0.2, 0) is 6.42 Å². The molecule has 2 rings (SSSR count). The van der Waals surface area contributed by atoms with Crippen molar-refractivity contribution in [2.45, 2.75) is 13.3 Å². The molecule has 1 amide bonds. The highest BCUT2D eigenvalue weighted by atomic mass is 127. The molecular formula is C11H10ClIN4O. The van der Waals surface area contributed by atoms with E-state index in [2.05, 4.69) is 43.1 Å². The number of aromatic amines is 1. The lowest BCUT2D eigenvalue weighted by Gasteiger charge is -2.05. The Bertz CT molecular complexity index is 584. The van der Waals surface area contributed by atoms with E-state index < -0.39 is 0 Å². The van der Waals surface area contributed by atoms with Crippen LogP contribution in [0.15, 0.2) is 18.2 Å². The first-order chi connectivity index (χ1) is 8.60. The number of amides is 1. The molecule has 5 nitrogen and oxygen atoms in total. The maximum absolute atomic E-state index is 11.9. The second kappa shape index (κ2) is 5.66. The smallest absolute Gasteiger partial charge is 0.295 e. The van der Waals surface area contributed by atoms with Gasteiger partial charge in [-0.15, -0.1) is 5.10 Å². The van der Waals surface area contributed by atoms with Gasteiger partial charge in [-0.3, -0.25) is 9.89 Å². The highest BCUT2D eigenvalue weighted by Gasteiger charge is 2.13. The van der Waals surface area contributed by atoms with Crippen LogP contribution in [0.4, 0.5) is 5.69 Å². The molecule has 18 heavy (non-hydrogen) atoms. The van der Waals surface area contributed by atoms with Gasteiger partial charge in [-0.05, 0) is 40.8 Å². The number of halogens is 2. The average molecular weight is 377 g/mol. The van der Waals surface area contributed by atoms with Gasteiger partial charge in [0.2, 0.25) is 5.82 Å². The van der Waals surface area contributed by atoms with Crippen LogP contribution in [0.25, 0.3) is 0 Å². The molecule has 2 N–H and O–H groups in total. The zero-order valence-corrected chi connectivity index (χ0v) is 12.4. The van der Waals surface area contributed by atoms with Gasteiger partial charge in [0, 0.05) is 9.99 Å². The molecule has 94 valence electrons. The Morgan fingerprint density at radius 1 is 1.56 bits per heavy atom. The minimum Gasteiger partial charge on any atom is -0.318 e. The summed E-state index contributed by atoms with van der Waals surface area (Å²) in [7, 11) is 0. The lowest BCUT2D eigenvalue weighted by molar-refractivity contribution is 0.101. The molecule has 0 saturated carbocycles. The number of H-pyrrole nitrogens is 1. The van der Waals surface area contributed by atoms with Crippen LogP contribution >= 0.6 is 34.2 Å². The van der Waals surface area contributed by atoms with Crippen molar-refractivity contribution >= 4 is 45.8 Å². The van der Waals surface area contributed by atoms with E-state index in [0.29, 0.717) is 23.0 Å². The summed E-state index contributed by atoms with van der Waals surface area (Å²) in [5, 5.41) is 9.69. The molecule has 0 radical (unpaired) electrons. The fourth-order valence-corrected chi connectivity index (χ4v) is 2.23. The molecule has 1 heterocycles. The summed E-state index contributed by atoms with van der Waals surface area (Å²) in [5.74, 6) is 0.407. The van der Waals surface area contributed by atoms with Crippen LogP contribution in [-0.4, -0.2) is 21.1 Å². The molecule has 0 unspecified atom stereocenters. The summed E-state index contributed by atoms with van der Waals surface area (Å²) in [6, 6.07) is 5.38. The first kappa shape index (κ1) is 13.3. The third-order valence-electron chi connectivity index (χ3n) is 2.25. The Hall–Kier alpha value is -1.15. The van der Waals surface area contributed by atoms with Gasteiger partial charge >= 0.3 is 0 Å². The summed E-state index contributed by atoms with van der Waals surface area (Å²) in [6.07, 6.45) is 0.699. The lowest BCUT2D eigenvalue weighted by atomic mass is 10.3. The summed E-state index contributed by atoms with van der Waals surface area (Å²) in [4.78, 5) is 15.9. The number of aromatic nitrogens is 3. The summed E-state index contributed by atoms with van der Waals surface area (Å²) in [5.41, 5.74) is 0.546. The molecule has 0 fully saturated rings. The number of hydrogen-bond acceptors (Lipinski definition) is 3. The van der Waals surface area contributed by atoms with Crippen molar-refractivity contribution in [3.63, 3.8) is 0 Å². The van der Waals surface area contributed by atoms with Crippen LogP contribution in [0.5, 0.6) is 0 Å². The first-order valence-corrected chi connectivity index (χ1v) is 6.73. The first-order valence-electron chi connectivity index (χ1n) is 5.28. The molecular weight excluding hydrogens is 367 g/mol. The Morgan fingerprint density at radius 2 is 2.33 bits per heavy atom. The molecule has 2 aromatic rings. The zero-order valence-electron chi connectivity index (χ0n) is 9.50. The molecule has 1 aromatic heterocycles. The largest absolute Gasteiger partial charge is 0.318 e. The van der Waals surface area contributed by atoms with Gasteiger partial charge in [-0.2, -0.15) is 0 Å². The highest BCUT2D eigenvalue weighted by Crippen LogP contribution is 2.24. The molecule has 0 spiro atoms. The zero-order chi connectivity index (χ0) is 13.1. The second-order valence-electron chi connectivity index (χ2n) is 3.54. The number of anilines is 1. The second-order valence-corrected chi connectivity index (χ2v) is 5.19. The van der Waals surface area contributed by atoms with Gasteiger partial charge in [0.15, 0.2) is 0 Å². The number of aryl methyl sites for hydroxylation is 1. The van der Waals surface area contributed by atoms with E-state index in [9.17, 15) is 4.79 Å². The Kier molecular flexibility index (Phi) is 4.18. The van der Waals surface area contributed by atoms with Crippen LogP contribution in [0, 0.1) is 3.57 Å². The third kappa shape index (κ3) is 2.99. The Morgan fingerprint density at radius 3 is 2.94 bits per heavy atom. The summed E-state index contributed by atoms with van der Waals surface area (Å²) < 4.78 is 1.00. The number of rotatable bonds is 3. The van der Waals surface area contributed by atoms with Crippen molar-refractivity contribution in [1.29, 1.82) is 0 Å². The number of carbonyl (C=O) groups excluding carboxylic acids is 1. The third-order valence-corrected chi connectivity index (χ3v) is 3.23. The molecule has 0 atom stereocenters. The van der Waals surface area contributed by atoms with Gasteiger partial charge in [0.05, 0.1) is 10.7 Å². The summed E-state index contributed by atoms with van der Waals surface area (Å²) >= 11 is 8.17. The van der Waals surface area contributed by atoms with E-state index in [1.165, 1.54) is 0 Å². The van der Waals surface area contributed by atoms with E-state index in [-0.39, 0.29) is 11.7 Å². The van der Waals surface area contributed by atoms with Gasteiger partial charge in [0.25, 0.3) is 5.91 Å². The fraction of sp³-hybridized carbons (Fsp3) is 0.182. The molecule has 0 aliphatic carbocycles. The Labute approximate surface area is 122 Å². The number of benzene rings is 1. The van der Waals surface area contributed by atoms with Crippen molar-refractivity contribution in [2.24, 2.45) is 0 Å². The monoisotopic (exact) mass is 376 g/mol.